The van der Waals surface area contributed by atoms with Crippen molar-refractivity contribution in [3.05, 3.63) is 0 Å². The molecule has 2 N–H and O–H groups in total. The third kappa shape index (κ3) is 1.10. The maximum Gasteiger partial charge on any atom is 0.0155 e. The molecule has 0 saturated heterocycles. The molecule has 3 saturated carbocycles. The van der Waals surface area contributed by atoms with E-state index < -0.39 is 0 Å². The normalized spacial score (nSPS) is 49.6. The summed E-state index contributed by atoms with van der Waals surface area (Å²) in [6.45, 7) is 2.34. The van der Waals surface area contributed by atoms with E-state index in [9.17, 15) is 0 Å². The van der Waals surface area contributed by atoms with Crippen LogP contribution in [0, 0.1) is 5.41 Å². The molecule has 0 heterocycles. The van der Waals surface area contributed by atoms with E-state index in [2.05, 4.69) is 6.92 Å². The zero-order chi connectivity index (χ0) is 7.95. The summed E-state index contributed by atoms with van der Waals surface area (Å²) < 4.78 is 0. The molecule has 3 fully saturated rings. The van der Waals surface area contributed by atoms with Crippen molar-refractivity contribution in [1.29, 1.82) is 0 Å². The average molecular weight is 153 g/mol. The topological polar surface area (TPSA) is 26.0 Å². The fourth-order valence-electron chi connectivity index (χ4n) is 2.82. The highest BCUT2D eigenvalue weighted by Crippen LogP contribution is 2.52. The van der Waals surface area contributed by atoms with Gasteiger partial charge in [-0.15, -0.1) is 0 Å². The van der Waals surface area contributed by atoms with E-state index in [0.29, 0.717) is 0 Å². The Hall–Kier alpha value is -0.0400. The van der Waals surface area contributed by atoms with Gasteiger partial charge in [0, 0.05) is 5.54 Å². The van der Waals surface area contributed by atoms with Crippen LogP contribution in [0.4, 0.5) is 0 Å². The Morgan fingerprint density at radius 1 is 1.00 bits per heavy atom. The minimum Gasteiger partial charge on any atom is -0.325 e. The van der Waals surface area contributed by atoms with Crippen molar-refractivity contribution in [2.24, 2.45) is 11.1 Å². The molecule has 3 aliphatic carbocycles. The Labute approximate surface area is 69.4 Å². The van der Waals surface area contributed by atoms with Crippen LogP contribution >= 0.6 is 0 Å². The lowest BCUT2D eigenvalue weighted by Crippen LogP contribution is -2.51. The molecule has 64 valence electrons. The highest BCUT2D eigenvalue weighted by molar-refractivity contribution is 5.01. The lowest BCUT2D eigenvalue weighted by Gasteiger charge is -2.51. The van der Waals surface area contributed by atoms with Crippen molar-refractivity contribution >= 4 is 0 Å². The van der Waals surface area contributed by atoms with E-state index in [1.807, 2.05) is 0 Å². The van der Waals surface area contributed by atoms with Crippen LogP contribution in [0.25, 0.3) is 0 Å². The quantitative estimate of drug-likeness (QED) is 0.615. The van der Waals surface area contributed by atoms with Crippen LogP contribution in [0.15, 0.2) is 0 Å². The molecule has 0 aromatic carbocycles. The van der Waals surface area contributed by atoms with Gasteiger partial charge in [-0.25, -0.2) is 0 Å². The van der Waals surface area contributed by atoms with Gasteiger partial charge in [-0.1, -0.05) is 13.3 Å². The molecule has 0 spiro atoms. The van der Waals surface area contributed by atoms with Crippen molar-refractivity contribution in [3.8, 4) is 0 Å². The van der Waals surface area contributed by atoms with Crippen LogP contribution in [-0.2, 0) is 0 Å². The van der Waals surface area contributed by atoms with Crippen LogP contribution in [0.2, 0.25) is 0 Å². The molecular formula is C10H19N. The average Bonchev–Trinajstić information content (AvgIpc) is 2.07. The summed E-state index contributed by atoms with van der Waals surface area (Å²) in [5.41, 5.74) is 7.19. The van der Waals surface area contributed by atoms with Crippen LogP contribution in [0.5, 0.6) is 0 Å². The van der Waals surface area contributed by atoms with Gasteiger partial charge >= 0.3 is 0 Å². The highest BCUT2D eigenvalue weighted by Gasteiger charge is 2.45. The Morgan fingerprint density at radius 3 is 1.82 bits per heavy atom. The minimum atomic E-state index is 0.261. The third-order valence-electron chi connectivity index (χ3n) is 4.21. The predicted octanol–water partition coefficient (Wildman–Crippen LogP) is 2.45. The van der Waals surface area contributed by atoms with Gasteiger partial charge in [0.1, 0.15) is 0 Å². The summed E-state index contributed by atoms with van der Waals surface area (Å²) >= 11 is 0. The molecule has 3 aliphatic rings. The molecule has 0 amide bonds. The van der Waals surface area contributed by atoms with Gasteiger partial charge in [-0.05, 0) is 43.9 Å². The molecule has 0 aliphatic heterocycles. The van der Waals surface area contributed by atoms with Gasteiger partial charge in [0.2, 0.25) is 0 Å². The fourth-order valence-corrected chi connectivity index (χ4v) is 2.82. The van der Waals surface area contributed by atoms with Crippen molar-refractivity contribution in [2.75, 3.05) is 0 Å². The van der Waals surface area contributed by atoms with Gasteiger partial charge in [0.05, 0.1) is 0 Å². The zero-order valence-corrected chi connectivity index (χ0v) is 7.53. The third-order valence-corrected chi connectivity index (χ3v) is 4.21. The lowest BCUT2D eigenvalue weighted by molar-refractivity contribution is 0.0416. The smallest absolute Gasteiger partial charge is 0.0155 e. The first kappa shape index (κ1) is 7.60. The molecule has 1 heteroatoms. The van der Waals surface area contributed by atoms with Crippen molar-refractivity contribution in [2.45, 2.75) is 57.4 Å². The number of fused-ring (bicyclic) bond motifs is 3. The largest absolute Gasteiger partial charge is 0.325 e. The molecule has 0 aromatic rings. The van der Waals surface area contributed by atoms with E-state index in [1.54, 1.807) is 0 Å². The first-order valence-corrected chi connectivity index (χ1v) is 4.97. The zero-order valence-electron chi connectivity index (χ0n) is 7.53. The van der Waals surface area contributed by atoms with E-state index in [-0.39, 0.29) is 5.54 Å². The standard InChI is InChI=1S/C10H19N/c1-2-9-3-6-10(11,7-4-9)8-5-9/h2-8,11H2,1H3. The number of nitrogens with two attached hydrogens (primary N) is 1. The second kappa shape index (κ2) is 2.22. The van der Waals surface area contributed by atoms with Crippen molar-refractivity contribution < 1.29 is 0 Å². The fraction of sp³-hybridized carbons (Fsp3) is 1.00. The molecule has 3 rings (SSSR count). The monoisotopic (exact) mass is 153 g/mol. The summed E-state index contributed by atoms with van der Waals surface area (Å²) in [7, 11) is 0. The van der Waals surface area contributed by atoms with Gasteiger partial charge in [0.25, 0.3) is 0 Å². The Bertz CT molecular complexity index is 138. The van der Waals surface area contributed by atoms with Gasteiger partial charge in [0.15, 0.2) is 0 Å². The first-order chi connectivity index (χ1) is 5.18. The molecule has 0 aromatic heterocycles. The SMILES string of the molecule is CCC12CCC(N)(CC1)CC2. The van der Waals surface area contributed by atoms with E-state index >= 15 is 0 Å². The summed E-state index contributed by atoms with van der Waals surface area (Å²) in [4.78, 5) is 0. The second-order valence-electron chi connectivity index (χ2n) is 4.72. The molecule has 1 nitrogen and oxygen atoms in total. The van der Waals surface area contributed by atoms with Crippen LogP contribution in [0.3, 0.4) is 0 Å². The van der Waals surface area contributed by atoms with Crippen LogP contribution < -0.4 is 5.73 Å². The van der Waals surface area contributed by atoms with Crippen molar-refractivity contribution in [3.63, 3.8) is 0 Å². The van der Waals surface area contributed by atoms with E-state index in [1.165, 1.54) is 44.9 Å². The summed E-state index contributed by atoms with van der Waals surface area (Å²) in [6.07, 6.45) is 9.46. The first-order valence-electron chi connectivity index (χ1n) is 4.97. The molecule has 0 radical (unpaired) electrons. The minimum absolute atomic E-state index is 0.261. The van der Waals surface area contributed by atoms with E-state index in [4.69, 9.17) is 5.73 Å². The molecule has 0 atom stereocenters. The maximum absolute atomic E-state index is 6.21. The highest BCUT2D eigenvalue weighted by atomic mass is 14.8. The Morgan fingerprint density at radius 2 is 1.45 bits per heavy atom. The van der Waals surface area contributed by atoms with Gasteiger partial charge < -0.3 is 5.73 Å². The van der Waals surface area contributed by atoms with Crippen LogP contribution in [0.1, 0.15) is 51.9 Å². The summed E-state index contributed by atoms with van der Waals surface area (Å²) in [6, 6.07) is 0. The second-order valence-corrected chi connectivity index (χ2v) is 4.72. The molecule has 0 unspecified atom stereocenters. The number of hydrogen-bond donors (Lipinski definition) is 1. The summed E-state index contributed by atoms with van der Waals surface area (Å²) in [5.74, 6) is 0. The Balaban J connectivity index is 2.12. The lowest BCUT2D eigenvalue weighted by atomic mass is 9.57. The van der Waals surface area contributed by atoms with Gasteiger partial charge in [-0.2, -0.15) is 0 Å². The van der Waals surface area contributed by atoms with E-state index in [0.717, 1.165) is 5.41 Å². The predicted molar refractivity (Wildman–Crippen MR) is 47.3 cm³/mol. The molecular weight excluding hydrogens is 134 g/mol. The maximum atomic E-state index is 6.21. The Kier molecular flexibility index (Phi) is 1.54. The number of hydrogen-bond acceptors (Lipinski definition) is 1. The van der Waals surface area contributed by atoms with Crippen LogP contribution in [-0.4, -0.2) is 5.54 Å². The molecule has 2 bridgehead atoms. The van der Waals surface area contributed by atoms with Crippen molar-refractivity contribution in [1.82, 2.24) is 0 Å². The molecule has 11 heavy (non-hydrogen) atoms. The summed E-state index contributed by atoms with van der Waals surface area (Å²) in [5, 5.41) is 0. The van der Waals surface area contributed by atoms with Gasteiger partial charge in [-0.3, -0.25) is 0 Å². The number of rotatable bonds is 1.